The average Bonchev–Trinajstić information content (AvgIpc) is 3.30. The van der Waals surface area contributed by atoms with Gasteiger partial charge in [-0.15, -0.1) is 0 Å². The molecule has 1 fully saturated rings. The van der Waals surface area contributed by atoms with Crippen molar-refractivity contribution in [1.82, 2.24) is 14.4 Å². The van der Waals surface area contributed by atoms with Crippen molar-refractivity contribution in [2.45, 2.75) is 30.8 Å². The van der Waals surface area contributed by atoms with Crippen LogP contribution in [0.3, 0.4) is 0 Å². The Balaban J connectivity index is 1.41. The fourth-order valence-electron chi connectivity index (χ4n) is 3.81. The maximum atomic E-state index is 12.9. The summed E-state index contributed by atoms with van der Waals surface area (Å²) >= 11 is 0. The van der Waals surface area contributed by atoms with E-state index in [-0.39, 0.29) is 29.7 Å². The second-order valence-electron chi connectivity index (χ2n) is 7.55. The van der Waals surface area contributed by atoms with Gasteiger partial charge in [0, 0.05) is 32.1 Å². The van der Waals surface area contributed by atoms with Gasteiger partial charge in [0.2, 0.25) is 10.0 Å². The molecule has 8 nitrogen and oxygen atoms in total. The minimum atomic E-state index is -3.76. The number of hydrogen-bond donors (Lipinski definition) is 0. The zero-order valence-electron chi connectivity index (χ0n) is 18.0. The van der Waals surface area contributed by atoms with Crippen LogP contribution < -0.4 is 9.64 Å². The lowest BCUT2D eigenvalue weighted by Gasteiger charge is -2.32. The molecule has 1 aromatic heterocycles. The molecule has 1 aliphatic heterocycles. The SMILES string of the molecule is CCC(c1ccccc1)c1noc(N2CCN(S(=O)(=O)c3ccc(OC(F)F)cc3)CC2)n1. The highest BCUT2D eigenvalue weighted by molar-refractivity contribution is 7.89. The van der Waals surface area contributed by atoms with Gasteiger partial charge >= 0.3 is 12.6 Å². The van der Waals surface area contributed by atoms with Crippen molar-refractivity contribution >= 4 is 16.0 Å². The van der Waals surface area contributed by atoms with E-state index in [9.17, 15) is 17.2 Å². The molecule has 0 bridgehead atoms. The summed E-state index contributed by atoms with van der Waals surface area (Å²) < 4.78 is 61.6. The third kappa shape index (κ3) is 5.14. The van der Waals surface area contributed by atoms with Crippen LogP contribution in [0.1, 0.15) is 30.7 Å². The smallest absolute Gasteiger partial charge is 0.387 e. The zero-order chi connectivity index (χ0) is 23.4. The minimum absolute atomic E-state index is 0.0161. The Morgan fingerprint density at radius 3 is 2.30 bits per heavy atom. The molecule has 3 aromatic rings. The highest BCUT2D eigenvalue weighted by atomic mass is 32.2. The molecule has 176 valence electrons. The summed E-state index contributed by atoms with van der Waals surface area (Å²) in [6.45, 7) is 0.316. The van der Waals surface area contributed by atoms with Crippen LogP contribution in [0, 0.1) is 0 Å². The third-order valence-corrected chi connectivity index (χ3v) is 7.46. The maximum absolute atomic E-state index is 12.9. The third-order valence-electron chi connectivity index (χ3n) is 5.55. The molecule has 0 amide bonds. The Morgan fingerprint density at radius 1 is 1.03 bits per heavy atom. The largest absolute Gasteiger partial charge is 0.435 e. The van der Waals surface area contributed by atoms with Gasteiger partial charge in [-0.1, -0.05) is 42.4 Å². The molecule has 0 saturated carbocycles. The minimum Gasteiger partial charge on any atom is -0.435 e. The molecule has 0 N–H and O–H groups in total. The van der Waals surface area contributed by atoms with Crippen molar-refractivity contribution in [3.63, 3.8) is 0 Å². The molecular weight excluding hydrogens is 454 g/mol. The molecule has 11 heteroatoms. The van der Waals surface area contributed by atoms with Crippen molar-refractivity contribution in [2.24, 2.45) is 0 Å². The number of piperazine rings is 1. The van der Waals surface area contributed by atoms with Crippen LogP contribution in [0.15, 0.2) is 64.0 Å². The molecule has 1 saturated heterocycles. The fraction of sp³-hybridized carbons (Fsp3) is 0.364. The van der Waals surface area contributed by atoms with Crippen LogP contribution in [-0.4, -0.2) is 55.7 Å². The first-order valence-corrected chi connectivity index (χ1v) is 12.0. The van der Waals surface area contributed by atoms with E-state index in [4.69, 9.17) is 4.52 Å². The average molecular weight is 479 g/mol. The molecule has 33 heavy (non-hydrogen) atoms. The molecule has 0 aliphatic carbocycles. The van der Waals surface area contributed by atoms with Crippen LogP contribution >= 0.6 is 0 Å². The van der Waals surface area contributed by atoms with Crippen molar-refractivity contribution < 1.29 is 26.5 Å². The van der Waals surface area contributed by atoms with Gasteiger partial charge in [0.05, 0.1) is 4.90 Å². The summed E-state index contributed by atoms with van der Waals surface area (Å²) in [4.78, 5) is 6.45. The highest BCUT2D eigenvalue weighted by Crippen LogP contribution is 2.28. The van der Waals surface area contributed by atoms with Crippen molar-refractivity contribution in [1.29, 1.82) is 0 Å². The molecule has 1 atom stereocenters. The Hall–Kier alpha value is -3.05. The lowest BCUT2D eigenvalue weighted by atomic mass is 9.96. The second-order valence-corrected chi connectivity index (χ2v) is 9.49. The first kappa shape index (κ1) is 23.1. The molecule has 0 spiro atoms. The molecule has 4 rings (SSSR count). The number of halogens is 2. The molecule has 0 radical (unpaired) electrons. The highest BCUT2D eigenvalue weighted by Gasteiger charge is 2.31. The summed E-state index contributed by atoms with van der Waals surface area (Å²) in [5, 5.41) is 4.16. The van der Waals surface area contributed by atoms with E-state index in [2.05, 4.69) is 21.8 Å². The topological polar surface area (TPSA) is 88.8 Å². The number of ether oxygens (including phenoxy) is 1. The summed E-state index contributed by atoms with van der Waals surface area (Å²) in [5.41, 5.74) is 1.10. The van der Waals surface area contributed by atoms with Crippen LogP contribution in [0.4, 0.5) is 14.8 Å². The van der Waals surface area contributed by atoms with E-state index in [1.807, 2.05) is 35.2 Å². The molecule has 2 heterocycles. The number of sulfonamides is 1. The summed E-state index contributed by atoms with van der Waals surface area (Å²) in [5.74, 6) is 0.518. The van der Waals surface area contributed by atoms with Gasteiger partial charge in [-0.2, -0.15) is 18.1 Å². The van der Waals surface area contributed by atoms with Crippen LogP contribution in [0.2, 0.25) is 0 Å². The van der Waals surface area contributed by atoms with Crippen LogP contribution in [0.25, 0.3) is 0 Å². The van der Waals surface area contributed by atoms with Gasteiger partial charge < -0.3 is 14.2 Å². The zero-order valence-corrected chi connectivity index (χ0v) is 18.8. The predicted molar refractivity (Wildman–Crippen MR) is 117 cm³/mol. The number of hydrogen-bond acceptors (Lipinski definition) is 7. The summed E-state index contributed by atoms with van der Waals surface area (Å²) in [6.07, 6.45) is 0.816. The van der Waals surface area contributed by atoms with Gasteiger partial charge in [0.15, 0.2) is 5.82 Å². The first-order valence-electron chi connectivity index (χ1n) is 10.6. The monoisotopic (exact) mass is 478 g/mol. The molecular formula is C22H24F2N4O4S. The molecule has 2 aromatic carbocycles. The van der Waals surface area contributed by atoms with Crippen molar-refractivity contribution in [2.75, 3.05) is 31.1 Å². The maximum Gasteiger partial charge on any atom is 0.387 e. The second kappa shape index (κ2) is 9.84. The van der Waals surface area contributed by atoms with Gasteiger partial charge in [-0.3, -0.25) is 0 Å². The number of nitrogens with zero attached hydrogens (tertiary/aromatic N) is 4. The van der Waals surface area contributed by atoms with E-state index in [0.29, 0.717) is 24.9 Å². The quantitative estimate of drug-likeness (QED) is 0.488. The van der Waals surface area contributed by atoms with Gasteiger partial charge in [-0.25, -0.2) is 8.42 Å². The van der Waals surface area contributed by atoms with E-state index in [1.165, 1.54) is 28.6 Å². The Bertz CT molecular complexity index is 1150. The lowest BCUT2D eigenvalue weighted by Crippen LogP contribution is -2.48. The fourth-order valence-corrected chi connectivity index (χ4v) is 5.23. The number of anilines is 1. The predicted octanol–water partition coefficient (Wildman–Crippen LogP) is 3.72. The van der Waals surface area contributed by atoms with Crippen LogP contribution in [-0.2, 0) is 10.0 Å². The Kier molecular flexibility index (Phi) is 6.89. The van der Waals surface area contributed by atoms with Crippen LogP contribution in [0.5, 0.6) is 5.75 Å². The standard InChI is InChI=1S/C22H24F2N4O4S/c1-2-19(16-6-4-3-5-7-16)20-25-22(32-26-20)27-12-14-28(15-13-27)33(29,30)18-10-8-17(9-11-18)31-21(23)24/h3-11,19,21H,2,12-15H2,1H3. The summed E-state index contributed by atoms with van der Waals surface area (Å²) in [6, 6.07) is 15.3. The van der Waals surface area contributed by atoms with E-state index < -0.39 is 16.6 Å². The van der Waals surface area contributed by atoms with Crippen molar-refractivity contribution in [3.8, 4) is 5.75 Å². The van der Waals surface area contributed by atoms with E-state index >= 15 is 0 Å². The number of rotatable bonds is 8. The first-order chi connectivity index (χ1) is 15.9. The Morgan fingerprint density at radius 2 is 1.70 bits per heavy atom. The lowest BCUT2D eigenvalue weighted by molar-refractivity contribution is -0.0498. The van der Waals surface area contributed by atoms with E-state index in [1.54, 1.807) is 0 Å². The van der Waals surface area contributed by atoms with Crippen molar-refractivity contribution in [3.05, 3.63) is 66.0 Å². The number of benzene rings is 2. The van der Waals surface area contributed by atoms with E-state index in [0.717, 1.165) is 12.0 Å². The molecule has 1 unspecified atom stereocenters. The Labute approximate surface area is 190 Å². The normalized spacial score (nSPS) is 16.2. The van der Waals surface area contributed by atoms with Gasteiger partial charge in [0.25, 0.3) is 0 Å². The van der Waals surface area contributed by atoms with Gasteiger partial charge in [0.1, 0.15) is 5.75 Å². The van der Waals surface area contributed by atoms with Gasteiger partial charge in [-0.05, 0) is 36.2 Å². The summed E-state index contributed by atoms with van der Waals surface area (Å²) in [7, 11) is -3.76. The molecule has 1 aliphatic rings. The number of alkyl halides is 2. The number of aromatic nitrogens is 2.